The van der Waals surface area contributed by atoms with E-state index < -0.39 is 23.6 Å². The Bertz CT molecular complexity index is 1010. The van der Waals surface area contributed by atoms with Crippen LogP contribution in [-0.4, -0.2) is 52.7 Å². The van der Waals surface area contributed by atoms with Gasteiger partial charge in [0.1, 0.15) is 18.2 Å². The molecule has 1 aliphatic heterocycles. The Labute approximate surface area is 187 Å². The molecule has 0 spiro atoms. The molecule has 1 heterocycles. The van der Waals surface area contributed by atoms with Crippen molar-refractivity contribution in [3.63, 3.8) is 0 Å². The maximum atomic E-state index is 13.0. The Hall–Kier alpha value is -3.35. The number of nitrogens with zero attached hydrogens (tertiary/aromatic N) is 1. The normalized spacial score (nSPS) is 20.4. The highest BCUT2D eigenvalue weighted by Crippen LogP contribution is 2.44. The molecule has 7 heteroatoms. The van der Waals surface area contributed by atoms with Crippen molar-refractivity contribution in [3.05, 3.63) is 59.7 Å². The van der Waals surface area contributed by atoms with Gasteiger partial charge in [0, 0.05) is 12.5 Å². The Morgan fingerprint density at radius 2 is 1.72 bits per heavy atom. The molecule has 2 amide bonds. The first kappa shape index (κ1) is 21.9. The molecule has 2 atom stereocenters. The number of carbonyl (C=O) groups is 3. The first-order chi connectivity index (χ1) is 15.4. The van der Waals surface area contributed by atoms with Crippen LogP contribution in [0.1, 0.15) is 50.2 Å². The minimum Gasteiger partial charge on any atom is -0.480 e. The summed E-state index contributed by atoms with van der Waals surface area (Å²) in [6.45, 7) is 3.85. The molecule has 0 radical (unpaired) electrons. The lowest BCUT2D eigenvalue weighted by Crippen LogP contribution is -2.57. The fourth-order valence-corrected chi connectivity index (χ4v) is 4.85. The number of aliphatic carboxylic acids is 1. The van der Waals surface area contributed by atoms with Gasteiger partial charge in [-0.15, -0.1) is 0 Å². The second kappa shape index (κ2) is 8.65. The summed E-state index contributed by atoms with van der Waals surface area (Å²) in [6, 6.07) is 15.3. The number of likely N-dealkylation sites (tertiary alicyclic amines) is 1. The molecule has 0 unspecified atom stereocenters. The van der Waals surface area contributed by atoms with Gasteiger partial charge in [-0.3, -0.25) is 4.79 Å². The van der Waals surface area contributed by atoms with E-state index >= 15 is 0 Å². The van der Waals surface area contributed by atoms with Gasteiger partial charge in [0.2, 0.25) is 5.91 Å². The predicted octanol–water partition coefficient (Wildman–Crippen LogP) is 3.77. The molecule has 1 fully saturated rings. The Morgan fingerprint density at radius 3 is 2.28 bits per heavy atom. The number of benzene rings is 2. The lowest BCUT2D eigenvalue weighted by Gasteiger charge is -2.33. The van der Waals surface area contributed by atoms with E-state index in [1.165, 1.54) is 4.90 Å². The number of carboxylic acid groups (broad SMARTS) is 1. The number of ether oxygens (including phenoxy) is 1. The van der Waals surface area contributed by atoms with Gasteiger partial charge in [-0.25, -0.2) is 9.59 Å². The molecule has 0 bridgehead atoms. The van der Waals surface area contributed by atoms with Gasteiger partial charge >= 0.3 is 12.1 Å². The minimum atomic E-state index is -1.24. The van der Waals surface area contributed by atoms with Crippen molar-refractivity contribution in [1.29, 1.82) is 0 Å². The van der Waals surface area contributed by atoms with Crippen LogP contribution >= 0.6 is 0 Å². The number of hydrogen-bond donors (Lipinski definition) is 2. The number of nitrogens with one attached hydrogen (secondary N) is 1. The van der Waals surface area contributed by atoms with Crippen LogP contribution in [0.5, 0.6) is 0 Å². The van der Waals surface area contributed by atoms with E-state index in [0.717, 1.165) is 22.3 Å². The van der Waals surface area contributed by atoms with Crippen LogP contribution in [0, 0.1) is 0 Å². The minimum absolute atomic E-state index is 0.0715. The number of amides is 2. The van der Waals surface area contributed by atoms with Crippen LogP contribution in [-0.2, 0) is 14.3 Å². The van der Waals surface area contributed by atoms with E-state index in [2.05, 4.69) is 17.4 Å². The van der Waals surface area contributed by atoms with Gasteiger partial charge < -0.3 is 20.1 Å². The maximum absolute atomic E-state index is 13.0. The number of fused-ring (bicyclic) bond motifs is 3. The Morgan fingerprint density at radius 1 is 1.12 bits per heavy atom. The van der Waals surface area contributed by atoms with Gasteiger partial charge in [0.05, 0.1) is 0 Å². The third-order valence-electron chi connectivity index (χ3n) is 6.71. The molecule has 2 aromatic carbocycles. The zero-order valence-corrected chi connectivity index (χ0v) is 18.3. The predicted molar refractivity (Wildman–Crippen MR) is 119 cm³/mol. The molecule has 0 saturated carbocycles. The molecule has 1 aliphatic carbocycles. The molecular weight excluding hydrogens is 408 g/mol. The zero-order chi connectivity index (χ0) is 22.9. The fourth-order valence-electron chi connectivity index (χ4n) is 4.85. The molecular formula is C25H28N2O5. The number of carbonyl (C=O) groups excluding carboxylic acids is 2. The average molecular weight is 437 g/mol. The highest BCUT2D eigenvalue weighted by Gasteiger charge is 2.47. The second-order valence-electron chi connectivity index (χ2n) is 8.60. The van der Waals surface area contributed by atoms with Gasteiger partial charge in [-0.2, -0.15) is 0 Å². The Kier molecular flexibility index (Phi) is 5.91. The SMILES string of the molecule is CC[C@@H](NC(=O)OCC1c2ccccc2-c2ccccc21)C(=O)N1CCC[C@]1(C)C(=O)O. The molecule has 1 saturated heterocycles. The standard InChI is InChI=1S/C25H28N2O5/c1-3-21(22(28)27-14-8-13-25(27,2)23(29)30)26-24(31)32-15-20-18-11-6-4-9-16(18)17-10-5-7-12-19(17)20/h4-7,9-12,20-21H,3,8,13-15H2,1-2H3,(H,26,31)(H,29,30)/t21-,25-/m1/s1. The molecule has 2 N–H and O–H groups in total. The van der Waals surface area contributed by atoms with Crippen LogP contribution in [0.3, 0.4) is 0 Å². The molecule has 2 aromatic rings. The molecule has 32 heavy (non-hydrogen) atoms. The summed E-state index contributed by atoms with van der Waals surface area (Å²) in [6.07, 6.45) is 0.684. The van der Waals surface area contributed by atoms with Crippen LogP contribution in [0.25, 0.3) is 11.1 Å². The summed E-state index contributed by atoms with van der Waals surface area (Å²) >= 11 is 0. The largest absolute Gasteiger partial charge is 0.480 e. The summed E-state index contributed by atoms with van der Waals surface area (Å²) in [5.41, 5.74) is 3.26. The summed E-state index contributed by atoms with van der Waals surface area (Å²) in [7, 11) is 0. The first-order valence-corrected chi connectivity index (χ1v) is 11.0. The smallest absolute Gasteiger partial charge is 0.407 e. The van der Waals surface area contributed by atoms with Crippen molar-refractivity contribution in [1.82, 2.24) is 10.2 Å². The van der Waals surface area contributed by atoms with Crippen LogP contribution in [0.15, 0.2) is 48.5 Å². The summed E-state index contributed by atoms with van der Waals surface area (Å²) in [5.74, 6) is -1.49. The quantitative estimate of drug-likeness (QED) is 0.719. The first-order valence-electron chi connectivity index (χ1n) is 11.0. The van der Waals surface area contributed by atoms with Crippen molar-refractivity contribution in [2.75, 3.05) is 13.2 Å². The monoisotopic (exact) mass is 436 g/mol. The van der Waals surface area contributed by atoms with E-state index in [1.807, 2.05) is 36.4 Å². The molecule has 168 valence electrons. The maximum Gasteiger partial charge on any atom is 0.407 e. The van der Waals surface area contributed by atoms with Gasteiger partial charge in [0.25, 0.3) is 0 Å². The number of carboxylic acids is 1. The second-order valence-corrected chi connectivity index (χ2v) is 8.60. The van der Waals surface area contributed by atoms with Crippen molar-refractivity contribution in [2.24, 2.45) is 0 Å². The highest BCUT2D eigenvalue weighted by atomic mass is 16.5. The van der Waals surface area contributed by atoms with E-state index in [4.69, 9.17) is 4.74 Å². The van der Waals surface area contributed by atoms with Gasteiger partial charge in [0.15, 0.2) is 0 Å². The molecule has 2 aliphatic rings. The van der Waals surface area contributed by atoms with Crippen molar-refractivity contribution in [2.45, 2.75) is 50.6 Å². The summed E-state index contributed by atoms with van der Waals surface area (Å²) in [4.78, 5) is 38.7. The van der Waals surface area contributed by atoms with Crippen molar-refractivity contribution in [3.8, 4) is 11.1 Å². The van der Waals surface area contributed by atoms with Crippen molar-refractivity contribution >= 4 is 18.0 Å². The number of rotatable bonds is 6. The third-order valence-corrected chi connectivity index (χ3v) is 6.71. The summed E-state index contributed by atoms with van der Waals surface area (Å²) in [5, 5.41) is 12.2. The van der Waals surface area contributed by atoms with E-state index in [-0.39, 0.29) is 18.4 Å². The third kappa shape index (κ3) is 3.72. The number of alkyl carbamates (subject to hydrolysis) is 1. The lowest BCUT2D eigenvalue weighted by molar-refractivity contribution is -0.156. The highest BCUT2D eigenvalue weighted by molar-refractivity contribution is 5.91. The number of hydrogen-bond acceptors (Lipinski definition) is 4. The van der Waals surface area contributed by atoms with Gasteiger partial charge in [-0.05, 0) is 48.4 Å². The lowest BCUT2D eigenvalue weighted by atomic mass is 9.98. The van der Waals surface area contributed by atoms with E-state index in [1.54, 1.807) is 13.8 Å². The van der Waals surface area contributed by atoms with Crippen LogP contribution < -0.4 is 5.32 Å². The van der Waals surface area contributed by atoms with Gasteiger partial charge in [-0.1, -0.05) is 55.5 Å². The fraction of sp³-hybridized carbons (Fsp3) is 0.400. The molecule has 0 aromatic heterocycles. The Balaban J connectivity index is 1.43. The van der Waals surface area contributed by atoms with Crippen LogP contribution in [0.2, 0.25) is 0 Å². The van der Waals surface area contributed by atoms with E-state index in [9.17, 15) is 19.5 Å². The van der Waals surface area contributed by atoms with Crippen LogP contribution in [0.4, 0.5) is 4.79 Å². The molecule has 4 rings (SSSR count). The summed E-state index contributed by atoms with van der Waals surface area (Å²) < 4.78 is 5.55. The molecule has 7 nitrogen and oxygen atoms in total. The topological polar surface area (TPSA) is 95.9 Å². The average Bonchev–Trinajstić information content (AvgIpc) is 3.35. The zero-order valence-electron chi connectivity index (χ0n) is 18.3. The van der Waals surface area contributed by atoms with Crippen molar-refractivity contribution < 1.29 is 24.2 Å². The van der Waals surface area contributed by atoms with E-state index in [0.29, 0.717) is 25.8 Å².